The number of aryl methyl sites for hydroxylation is 2. The van der Waals surface area contributed by atoms with Crippen LogP contribution in [-0.2, 0) is 11.0 Å². The van der Waals surface area contributed by atoms with Crippen LogP contribution in [-0.4, -0.2) is 38.7 Å². The Labute approximate surface area is 232 Å². The van der Waals surface area contributed by atoms with Gasteiger partial charge in [-0.2, -0.15) is 4.98 Å². The van der Waals surface area contributed by atoms with Crippen LogP contribution in [0.25, 0.3) is 28.3 Å². The molecule has 1 aromatic carbocycles. The van der Waals surface area contributed by atoms with Gasteiger partial charge in [0, 0.05) is 29.9 Å². The molecule has 5 aromatic rings. The van der Waals surface area contributed by atoms with Crippen LogP contribution in [0.15, 0.2) is 52.8 Å². The highest BCUT2D eigenvalue weighted by atomic mass is 32.1. The maximum atomic E-state index is 13.3. The molecule has 4 aromatic heterocycles. The van der Waals surface area contributed by atoms with Gasteiger partial charge in [-0.05, 0) is 48.8 Å². The number of amides is 1. The first-order valence-electron chi connectivity index (χ1n) is 12.7. The molecule has 11 heteroatoms. The van der Waals surface area contributed by atoms with Crippen molar-refractivity contribution in [3.63, 3.8) is 0 Å². The highest BCUT2D eigenvalue weighted by molar-refractivity contribution is 7.10. The summed E-state index contributed by atoms with van der Waals surface area (Å²) in [6.07, 6.45) is 3.44. The van der Waals surface area contributed by atoms with Gasteiger partial charge in [-0.3, -0.25) is 9.20 Å². The van der Waals surface area contributed by atoms with Gasteiger partial charge < -0.3 is 14.3 Å². The highest BCUT2D eigenvalue weighted by Crippen LogP contribution is 2.38. The summed E-state index contributed by atoms with van der Waals surface area (Å²) in [5.41, 5.74) is 7.10. The van der Waals surface area contributed by atoms with Gasteiger partial charge in [0.1, 0.15) is 11.3 Å². The average molecular weight is 561 g/mol. The largest absolute Gasteiger partial charge is 0.412 e. The number of anilines is 1. The van der Waals surface area contributed by atoms with E-state index in [1.54, 1.807) is 28.9 Å². The predicted molar refractivity (Wildman–Crippen MR) is 155 cm³/mol. The third kappa shape index (κ3) is 5.42. The standard InChI is InChI=1S/C28H32N6O3SSi/c1-17-8-9-20(26-31-18(2)37-33-26)12-21(17)32-27(35)22-14-29-24-13-19(10-11-34(22)24)25-23(38-16-30-25)15-36-39(6,7)28(3,4)5/h8-14,16H,15H2,1-7H3,(H,32,35). The molecule has 1 N–H and O–H groups in total. The molecule has 0 bridgehead atoms. The Morgan fingerprint density at radius 3 is 2.64 bits per heavy atom. The quantitative estimate of drug-likeness (QED) is 0.216. The van der Waals surface area contributed by atoms with Crippen LogP contribution < -0.4 is 5.32 Å². The lowest BCUT2D eigenvalue weighted by molar-refractivity contribution is 0.102. The fourth-order valence-electron chi connectivity index (χ4n) is 3.87. The number of nitrogens with zero attached hydrogens (tertiary/aromatic N) is 5. The maximum Gasteiger partial charge on any atom is 0.274 e. The van der Waals surface area contributed by atoms with E-state index >= 15 is 0 Å². The Morgan fingerprint density at radius 1 is 1.13 bits per heavy atom. The summed E-state index contributed by atoms with van der Waals surface area (Å²) in [5, 5.41) is 7.11. The summed E-state index contributed by atoms with van der Waals surface area (Å²) in [7, 11) is -1.89. The van der Waals surface area contributed by atoms with Crippen molar-refractivity contribution in [2.45, 2.75) is 59.4 Å². The summed E-state index contributed by atoms with van der Waals surface area (Å²) in [6, 6.07) is 9.56. The number of thiazole rings is 1. The minimum Gasteiger partial charge on any atom is -0.412 e. The van der Waals surface area contributed by atoms with Gasteiger partial charge in [0.15, 0.2) is 8.32 Å². The molecule has 5 rings (SSSR count). The van der Waals surface area contributed by atoms with E-state index in [2.05, 4.69) is 59.3 Å². The Balaban J connectivity index is 1.37. The fourth-order valence-corrected chi connectivity index (χ4v) is 5.60. The van der Waals surface area contributed by atoms with Crippen molar-refractivity contribution in [3.05, 3.63) is 70.3 Å². The second-order valence-electron chi connectivity index (χ2n) is 11.1. The van der Waals surface area contributed by atoms with Crippen molar-refractivity contribution < 1.29 is 13.7 Å². The minimum absolute atomic E-state index is 0.134. The summed E-state index contributed by atoms with van der Waals surface area (Å²) in [4.78, 5) is 27.8. The number of imidazole rings is 1. The maximum absolute atomic E-state index is 13.3. The lowest BCUT2D eigenvalue weighted by Gasteiger charge is -2.36. The molecular weight excluding hydrogens is 529 g/mol. The van der Waals surface area contributed by atoms with E-state index < -0.39 is 8.32 Å². The fraction of sp³-hybridized carbons (Fsp3) is 0.321. The molecule has 0 radical (unpaired) electrons. The number of fused-ring (bicyclic) bond motifs is 1. The molecule has 0 saturated carbocycles. The van der Waals surface area contributed by atoms with Gasteiger partial charge in [0.05, 0.1) is 28.9 Å². The number of carbonyl (C=O) groups excluding carboxylic acids is 1. The second kappa shape index (κ2) is 10.1. The summed E-state index contributed by atoms with van der Waals surface area (Å²) >= 11 is 1.59. The lowest BCUT2D eigenvalue weighted by atomic mass is 10.1. The van der Waals surface area contributed by atoms with Crippen molar-refractivity contribution >= 4 is 36.9 Å². The third-order valence-electron chi connectivity index (χ3n) is 7.30. The first kappa shape index (κ1) is 26.9. The van der Waals surface area contributed by atoms with E-state index in [1.165, 1.54) is 0 Å². The smallest absolute Gasteiger partial charge is 0.274 e. The monoisotopic (exact) mass is 560 g/mol. The van der Waals surface area contributed by atoms with Crippen LogP contribution in [0.3, 0.4) is 0 Å². The molecule has 4 heterocycles. The van der Waals surface area contributed by atoms with E-state index in [-0.39, 0.29) is 10.9 Å². The number of nitrogens with one attached hydrogen (secondary N) is 1. The molecule has 0 aliphatic rings. The highest BCUT2D eigenvalue weighted by Gasteiger charge is 2.37. The minimum atomic E-state index is -1.89. The predicted octanol–water partition coefficient (Wildman–Crippen LogP) is 6.90. The van der Waals surface area contributed by atoms with Gasteiger partial charge in [-0.15, -0.1) is 11.3 Å². The third-order valence-corrected chi connectivity index (χ3v) is 12.6. The molecule has 0 unspecified atom stereocenters. The molecule has 0 aliphatic carbocycles. The molecule has 202 valence electrons. The molecule has 1 amide bonds. The average Bonchev–Trinajstić information content (AvgIpc) is 3.62. The lowest BCUT2D eigenvalue weighted by Crippen LogP contribution is -2.40. The second-order valence-corrected chi connectivity index (χ2v) is 16.8. The van der Waals surface area contributed by atoms with Crippen molar-refractivity contribution in [1.82, 2.24) is 24.5 Å². The molecule has 0 aliphatic heterocycles. The van der Waals surface area contributed by atoms with Crippen LogP contribution in [0.5, 0.6) is 0 Å². The first-order valence-corrected chi connectivity index (χ1v) is 16.5. The first-order chi connectivity index (χ1) is 18.4. The summed E-state index contributed by atoms with van der Waals surface area (Å²) in [6.45, 7) is 15.4. The van der Waals surface area contributed by atoms with Crippen LogP contribution >= 0.6 is 11.3 Å². The SMILES string of the molecule is Cc1nc(-c2ccc(C)c(NC(=O)c3cnc4cc(-c5ncsc5CO[Si](C)(C)C(C)(C)C)ccn34)c2)no1. The van der Waals surface area contributed by atoms with Crippen molar-refractivity contribution in [2.75, 3.05) is 5.32 Å². The molecule has 0 saturated heterocycles. The summed E-state index contributed by atoms with van der Waals surface area (Å²) in [5.74, 6) is 0.688. The number of pyridine rings is 1. The Kier molecular flexibility index (Phi) is 7.00. The topological polar surface area (TPSA) is 107 Å². The van der Waals surface area contributed by atoms with E-state index in [1.807, 2.05) is 49.0 Å². The van der Waals surface area contributed by atoms with Crippen LogP contribution in [0.2, 0.25) is 18.1 Å². The number of hydrogen-bond donors (Lipinski definition) is 1. The van der Waals surface area contributed by atoms with Gasteiger partial charge in [0.25, 0.3) is 5.91 Å². The molecule has 0 spiro atoms. The van der Waals surface area contributed by atoms with Crippen molar-refractivity contribution in [1.29, 1.82) is 0 Å². The molecule has 0 atom stereocenters. The number of carbonyl (C=O) groups is 1. The Morgan fingerprint density at radius 2 is 1.92 bits per heavy atom. The van der Waals surface area contributed by atoms with Crippen LogP contribution in [0.4, 0.5) is 5.69 Å². The number of hydrogen-bond acceptors (Lipinski definition) is 8. The van der Waals surface area contributed by atoms with E-state index in [9.17, 15) is 4.79 Å². The molecule has 0 fully saturated rings. The Bertz CT molecular complexity index is 1660. The van der Waals surface area contributed by atoms with E-state index in [0.29, 0.717) is 35.4 Å². The van der Waals surface area contributed by atoms with E-state index in [4.69, 9.17) is 8.95 Å². The molecule has 9 nitrogen and oxygen atoms in total. The molecular formula is C28H32N6O3SSi. The summed E-state index contributed by atoms with van der Waals surface area (Å²) < 4.78 is 13.3. The van der Waals surface area contributed by atoms with E-state index in [0.717, 1.165) is 27.3 Å². The normalized spacial score (nSPS) is 12.3. The zero-order valence-corrected chi connectivity index (χ0v) is 25.0. The number of benzene rings is 1. The van der Waals surface area contributed by atoms with Gasteiger partial charge >= 0.3 is 0 Å². The number of aromatic nitrogens is 5. The van der Waals surface area contributed by atoms with Crippen molar-refractivity contribution in [2.24, 2.45) is 0 Å². The zero-order chi connectivity index (χ0) is 27.9. The molecule has 39 heavy (non-hydrogen) atoms. The zero-order valence-electron chi connectivity index (χ0n) is 23.2. The van der Waals surface area contributed by atoms with Crippen LogP contribution in [0.1, 0.15) is 47.6 Å². The van der Waals surface area contributed by atoms with Crippen molar-refractivity contribution in [3.8, 4) is 22.6 Å². The van der Waals surface area contributed by atoms with Gasteiger partial charge in [-0.25, -0.2) is 9.97 Å². The van der Waals surface area contributed by atoms with Gasteiger partial charge in [0.2, 0.25) is 11.7 Å². The van der Waals surface area contributed by atoms with Crippen LogP contribution in [0, 0.1) is 13.8 Å². The number of rotatable bonds is 7. The van der Waals surface area contributed by atoms with Gasteiger partial charge in [-0.1, -0.05) is 38.1 Å². The Hall–Kier alpha value is -3.67.